The maximum Gasteiger partial charge on any atom is 0.407 e. The van der Waals surface area contributed by atoms with Crippen LogP contribution in [0.5, 0.6) is 0 Å². The second-order valence-electron chi connectivity index (χ2n) is 10.6. The van der Waals surface area contributed by atoms with E-state index in [0.717, 1.165) is 17.8 Å². The number of carbonyl (C=O) groups excluding carboxylic acids is 2. The van der Waals surface area contributed by atoms with Gasteiger partial charge in [-0.1, -0.05) is 46.8 Å². The summed E-state index contributed by atoms with van der Waals surface area (Å²) in [7, 11) is 0. The minimum atomic E-state index is -0.511. The number of benzene rings is 1. The highest BCUT2D eigenvalue weighted by atomic mass is 16.5. The van der Waals surface area contributed by atoms with E-state index in [9.17, 15) is 9.59 Å². The van der Waals surface area contributed by atoms with E-state index in [1.54, 1.807) is 19.3 Å². The summed E-state index contributed by atoms with van der Waals surface area (Å²) < 4.78 is 5.08. The smallest absolute Gasteiger partial charge is 0.407 e. The minimum absolute atomic E-state index is 0.0263. The third-order valence-corrected chi connectivity index (χ3v) is 6.33. The fourth-order valence-electron chi connectivity index (χ4n) is 4.36. The van der Waals surface area contributed by atoms with E-state index in [1.807, 2.05) is 32.9 Å². The number of alkyl carbamates (subject to hydrolysis) is 1. The number of H-pyrrole nitrogens is 1. The van der Waals surface area contributed by atoms with Crippen LogP contribution >= 0.6 is 0 Å². The number of nitrogens with one attached hydrogen (secondary N) is 2. The number of rotatable bonds is 5. The molecular weight excluding hydrogens is 430 g/mol. The van der Waals surface area contributed by atoms with E-state index < -0.39 is 5.41 Å². The first-order valence-corrected chi connectivity index (χ1v) is 11.7. The molecule has 3 heterocycles. The Labute approximate surface area is 200 Å². The first-order chi connectivity index (χ1) is 16.0. The molecule has 8 nitrogen and oxygen atoms in total. The summed E-state index contributed by atoms with van der Waals surface area (Å²) in [5, 5.41) is 3.00. The number of ether oxygens (including phenoxy) is 1. The first-order valence-electron chi connectivity index (χ1n) is 11.7. The lowest BCUT2D eigenvalue weighted by atomic mass is 9.87. The van der Waals surface area contributed by atoms with Crippen LogP contribution in [-0.4, -0.2) is 52.6 Å². The molecule has 3 aromatic rings. The highest BCUT2D eigenvalue weighted by Crippen LogP contribution is 2.35. The number of ketones is 1. The third kappa shape index (κ3) is 4.62. The standard InChI is InChI=1S/C26H33N5O3/c1-7-34-24(33)30-20-14-31(15-26(20,5)6)17-10-8-9-16(11-17)19-13-28-23-21(29-19)18(12-27-23)22(32)25(2,3)4/h8-13,20H,7,14-15H2,1-6H3,(H,27,28)(H,30,33). The van der Waals surface area contributed by atoms with Crippen molar-refractivity contribution in [1.82, 2.24) is 20.3 Å². The van der Waals surface area contributed by atoms with Gasteiger partial charge in [0.15, 0.2) is 11.4 Å². The summed E-state index contributed by atoms with van der Waals surface area (Å²) >= 11 is 0. The number of nitrogens with zero attached hydrogens (tertiary/aromatic N) is 3. The van der Waals surface area contributed by atoms with Crippen LogP contribution in [0.1, 0.15) is 51.9 Å². The Hall–Kier alpha value is -3.42. The van der Waals surface area contributed by atoms with E-state index in [-0.39, 0.29) is 23.3 Å². The monoisotopic (exact) mass is 463 g/mol. The largest absolute Gasteiger partial charge is 0.450 e. The minimum Gasteiger partial charge on any atom is -0.450 e. The van der Waals surface area contributed by atoms with Crippen LogP contribution in [0.3, 0.4) is 0 Å². The number of aromatic amines is 1. The van der Waals surface area contributed by atoms with Gasteiger partial charge in [0.2, 0.25) is 0 Å². The Morgan fingerprint density at radius 2 is 2.06 bits per heavy atom. The van der Waals surface area contributed by atoms with Crippen molar-refractivity contribution in [2.24, 2.45) is 10.8 Å². The van der Waals surface area contributed by atoms with Crippen molar-refractivity contribution in [3.63, 3.8) is 0 Å². The lowest BCUT2D eigenvalue weighted by Gasteiger charge is -2.25. The van der Waals surface area contributed by atoms with Crippen molar-refractivity contribution in [2.45, 2.75) is 47.6 Å². The highest BCUT2D eigenvalue weighted by molar-refractivity contribution is 6.08. The molecule has 4 rings (SSSR count). The van der Waals surface area contributed by atoms with Gasteiger partial charge in [-0.05, 0) is 19.1 Å². The molecule has 1 aromatic carbocycles. The lowest BCUT2D eigenvalue weighted by molar-refractivity contribution is 0.0860. The molecule has 0 saturated carbocycles. The second-order valence-corrected chi connectivity index (χ2v) is 10.6. The highest BCUT2D eigenvalue weighted by Gasteiger charge is 2.40. The summed E-state index contributed by atoms with van der Waals surface area (Å²) in [6, 6.07) is 8.10. The zero-order valence-electron chi connectivity index (χ0n) is 20.7. The van der Waals surface area contributed by atoms with E-state index in [1.165, 1.54) is 0 Å². The average molecular weight is 464 g/mol. The molecule has 0 aliphatic carbocycles. The number of hydrogen-bond donors (Lipinski definition) is 2. The summed E-state index contributed by atoms with van der Waals surface area (Å²) in [4.78, 5) is 39.5. The van der Waals surface area contributed by atoms with Gasteiger partial charge in [-0.25, -0.2) is 14.8 Å². The maximum absolute atomic E-state index is 12.9. The zero-order valence-corrected chi connectivity index (χ0v) is 20.7. The van der Waals surface area contributed by atoms with E-state index in [2.05, 4.69) is 46.2 Å². The zero-order chi connectivity index (χ0) is 24.7. The number of hydrogen-bond acceptors (Lipinski definition) is 6. The molecular formula is C26H33N5O3. The Bertz CT molecular complexity index is 1220. The van der Waals surface area contributed by atoms with Gasteiger partial charge in [-0.2, -0.15) is 0 Å². The molecule has 0 spiro atoms. The Morgan fingerprint density at radius 3 is 2.76 bits per heavy atom. The molecule has 1 saturated heterocycles. The summed E-state index contributed by atoms with van der Waals surface area (Å²) in [6.45, 7) is 13.6. The van der Waals surface area contributed by atoms with Crippen LogP contribution in [0.15, 0.2) is 36.7 Å². The summed E-state index contributed by atoms with van der Waals surface area (Å²) in [5.74, 6) is 0.0263. The number of amides is 1. The molecule has 1 atom stereocenters. The maximum atomic E-state index is 12.9. The van der Waals surface area contributed by atoms with Crippen molar-refractivity contribution in [2.75, 3.05) is 24.6 Å². The van der Waals surface area contributed by atoms with E-state index >= 15 is 0 Å². The van der Waals surface area contributed by atoms with E-state index in [4.69, 9.17) is 9.72 Å². The molecule has 1 aliphatic heterocycles. The molecule has 34 heavy (non-hydrogen) atoms. The molecule has 1 unspecified atom stereocenters. The van der Waals surface area contributed by atoms with Gasteiger partial charge in [0, 0.05) is 41.4 Å². The van der Waals surface area contributed by atoms with Crippen LogP contribution in [0, 0.1) is 10.8 Å². The quantitative estimate of drug-likeness (QED) is 0.527. The molecule has 2 aromatic heterocycles. The van der Waals surface area contributed by atoms with Gasteiger partial charge in [-0.3, -0.25) is 4.79 Å². The predicted octanol–water partition coefficient (Wildman–Crippen LogP) is 4.81. The molecule has 2 N–H and O–H groups in total. The van der Waals surface area contributed by atoms with Crippen molar-refractivity contribution in [3.05, 3.63) is 42.2 Å². The van der Waals surface area contributed by atoms with Crippen molar-refractivity contribution in [3.8, 4) is 11.3 Å². The molecule has 0 bridgehead atoms. The first kappa shape index (κ1) is 23.7. The van der Waals surface area contributed by atoms with Gasteiger partial charge in [-0.15, -0.1) is 0 Å². The fourth-order valence-corrected chi connectivity index (χ4v) is 4.36. The van der Waals surface area contributed by atoms with Gasteiger partial charge in [0.05, 0.1) is 30.1 Å². The number of anilines is 1. The van der Waals surface area contributed by atoms with Gasteiger partial charge in [0.1, 0.15) is 5.52 Å². The van der Waals surface area contributed by atoms with Gasteiger partial charge >= 0.3 is 6.09 Å². The van der Waals surface area contributed by atoms with Crippen LogP contribution in [0.2, 0.25) is 0 Å². The van der Waals surface area contributed by atoms with Gasteiger partial charge in [0.25, 0.3) is 0 Å². The number of fused-ring (bicyclic) bond motifs is 1. The third-order valence-electron chi connectivity index (χ3n) is 6.33. The number of carbonyl (C=O) groups is 2. The Morgan fingerprint density at radius 1 is 1.29 bits per heavy atom. The average Bonchev–Trinajstić information content (AvgIpc) is 3.32. The van der Waals surface area contributed by atoms with Crippen molar-refractivity contribution in [1.29, 1.82) is 0 Å². The van der Waals surface area contributed by atoms with Crippen LogP contribution < -0.4 is 10.2 Å². The molecule has 1 fully saturated rings. The molecule has 180 valence electrons. The summed E-state index contributed by atoms with van der Waals surface area (Å²) in [6.07, 6.45) is 3.04. The van der Waals surface area contributed by atoms with Crippen molar-refractivity contribution >= 4 is 28.7 Å². The van der Waals surface area contributed by atoms with Crippen LogP contribution in [0.25, 0.3) is 22.4 Å². The fraction of sp³-hybridized carbons (Fsp3) is 0.462. The normalized spacial score (nSPS) is 17.7. The number of aromatic nitrogens is 3. The van der Waals surface area contributed by atoms with Crippen molar-refractivity contribution < 1.29 is 14.3 Å². The molecule has 1 aliphatic rings. The molecule has 1 amide bonds. The van der Waals surface area contributed by atoms with Crippen LogP contribution in [0.4, 0.5) is 10.5 Å². The van der Waals surface area contributed by atoms with Crippen LogP contribution in [-0.2, 0) is 4.74 Å². The molecule has 8 heteroatoms. The SMILES string of the molecule is CCOC(=O)NC1CN(c2cccc(-c3cnc4[nH]cc(C(=O)C(C)(C)C)c4n3)c2)CC1(C)C. The van der Waals surface area contributed by atoms with Gasteiger partial charge < -0.3 is 19.9 Å². The Balaban J connectivity index is 1.62. The summed E-state index contributed by atoms with van der Waals surface area (Å²) in [5.41, 5.74) is 3.78. The predicted molar refractivity (Wildman–Crippen MR) is 133 cm³/mol. The molecule has 0 radical (unpaired) electrons. The lowest BCUT2D eigenvalue weighted by Crippen LogP contribution is -2.44. The van der Waals surface area contributed by atoms with E-state index in [0.29, 0.717) is 35.6 Å². The Kier molecular flexibility index (Phi) is 6.10. The topological polar surface area (TPSA) is 100 Å². The number of Topliss-reactive ketones (excluding diaryl/α,β-unsaturated/α-hetero) is 1. The second kappa shape index (κ2) is 8.74.